The van der Waals surface area contributed by atoms with Crippen LogP contribution in [-0.4, -0.2) is 17.1 Å². The zero-order valence-corrected chi connectivity index (χ0v) is 11.3. The number of fused-ring (bicyclic) bond motifs is 1. The second kappa shape index (κ2) is 4.79. The Morgan fingerprint density at radius 1 is 1.37 bits per heavy atom. The van der Waals surface area contributed by atoms with Crippen LogP contribution in [0.15, 0.2) is 34.9 Å². The summed E-state index contributed by atoms with van der Waals surface area (Å²) in [6.45, 7) is 2.69. The molecule has 0 saturated carbocycles. The van der Waals surface area contributed by atoms with Crippen LogP contribution in [0.2, 0.25) is 0 Å². The van der Waals surface area contributed by atoms with Crippen LogP contribution in [0.25, 0.3) is 0 Å². The third-order valence-electron chi connectivity index (χ3n) is 3.85. The number of nitrogens with two attached hydrogens (primary N) is 1. The van der Waals surface area contributed by atoms with Crippen LogP contribution in [0.4, 0.5) is 0 Å². The van der Waals surface area contributed by atoms with Gasteiger partial charge in [0, 0.05) is 24.7 Å². The summed E-state index contributed by atoms with van der Waals surface area (Å²) in [5.41, 5.74) is 9.80. The first-order valence-electron chi connectivity index (χ1n) is 6.62. The van der Waals surface area contributed by atoms with Gasteiger partial charge >= 0.3 is 0 Å². The predicted octanol–water partition coefficient (Wildman–Crippen LogP) is 2.56. The van der Waals surface area contributed by atoms with Crippen LogP contribution in [0.1, 0.15) is 41.1 Å². The Balaban J connectivity index is 1.80. The Morgan fingerprint density at radius 2 is 2.11 bits per heavy atom. The van der Waals surface area contributed by atoms with Crippen LogP contribution >= 0.6 is 0 Å². The summed E-state index contributed by atoms with van der Waals surface area (Å²) in [4.78, 5) is 2.29. The Hall–Kier alpha value is -1.65. The van der Waals surface area contributed by atoms with Gasteiger partial charge in [0.2, 0.25) is 0 Å². The lowest BCUT2D eigenvalue weighted by Crippen LogP contribution is -2.23. The van der Waals surface area contributed by atoms with E-state index in [1.54, 1.807) is 0 Å². The molecule has 1 heterocycles. The largest absolute Gasteiger partial charge is 0.361 e. The zero-order chi connectivity index (χ0) is 13.4. The molecule has 1 aromatic carbocycles. The SMILES string of the molecule is Cc1cc(CN(C)C2CC(N)c3ccccc32)no1. The average Bonchev–Trinajstić information content (AvgIpc) is 2.95. The highest BCUT2D eigenvalue weighted by molar-refractivity contribution is 5.37. The van der Waals surface area contributed by atoms with Crippen molar-refractivity contribution in [3.8, 4) is 0 Å². The molecule has 3 rings (SSSR count). The van der Waals surface area contributed by atoms with E-state index < -0.39 is 0 Å². The minimum atomic E-state index is 0.141. The molecule has 2 unspecified atom stereocenters. The van der Waals surface area contributed by atoms with E-state index in [2.05, 4.69) is 41.4 Å². The molecule has 0 saturated heterocycles. The van der Waals surface area contributed by atoms with Crippen molar-refractivity contribution in [1.82, 2.24) is 10.1 Å². The fraction of sp³-hybridized carbons (Fsp3) is 0.400. The summed E-state index contributed by atoms with van der Waals surface area (Å²) in [6.07, 6.45) is 0.965. The fourth-order valence-corrected chi connectivity index (χ4v) is 2.92. The third kappa shape index (κ3) is 2.29. The van der Waals surface area contributed by atoms with E-state index >= 15 is 0 Å². The highest BCUT2D eigenvalue weighted by Gasteiger charge is 2.31. The van der Waals surface area contributed by atoms with E-state index in [1.807, 2.05) is 13.0 Å². The van der Waals surface area contributed by atoms with Gasteiger partial charge in [0.05, 0.1) is 5.69 Å². The lowest BCUT2D eigenvalue weighted by molar-refractivity contribution is 0.222. The number of rotatable bonds is 3. The summed E-state index contributed by atoms with van der Waals surface area (Å²) in [6, 6.07) is 10.9. The maximum absolute atomic E-state index is 6.21. The van der Waals surface area contributed by atoms with Crippen LogP contribution in [0.3, 0.4) is 0 Å². The van der Waals surface area contributed by atoms with Crippen molar-refractivity contribution in [2.75, 3.05) is 7.05 Å². The first kappa shape index (κ1) is 12.4. The lowest BCUT2D eigenvalue weighted by Gasteiger charge is -2.24. The number of benzene rings is 1. The second-order valence-electron chi connectivity index (χ2n) is 5.33. The molecule has 0 spiro atoms. The highest BCUT2D eigenvalue weighted by Crippen LogP contribution is 2.40. The van der Waals surface area contributed by atoms with E-state index in [0.717, 1.165) is 24.4 Å². The van der Waals surface area contributed by atoms with Gasteiger partial charge in [-0.05, 0) is 31.5 Å². The second-order valence-corrected chi connectivity index (χ2v) is 5.33. The third-order valence-corrected chi connectivity index (χ3v) is 3.85. The molecule has 0 amide bonds. The molecule has 19 heavy (non-hydrogen) atoms. The molecular formula is C15H19N3O. The summed E-state index contributed by atoms with van der Waals surface area (Å²) in [5.74, 6) is 0.854. The molecular weight excluding hydrogens is 238 g/mol. The molecule has 0 bridgehead atoms. The van der Waals surface area contributed by atoms with Crippen molar-refractivity contribution in [2.45, 2.75) is 32.0 Å². The van der Waals surface area contributed by atoms with Gasteiger partial charge in [-0.1, -0.05) is 29.4 Å². The van der Waals surface area contributed by atoms with Crippen LogP contribution in [0.5, 0.6) is 0 Å². The first-order chi connectivity index (χ1) is 9.15. The van der Waals surface area contributed by atoms with Crippen molar-refractivity contribution in [2.24, 2.45) is 5.73 Å². The summed E-state index contributed by atoms with van der Waals surface area (Å²) >= 11 is 0. The van der Waals surface area contributed by atoms with Gasteiger partial charge in [-0.2, -0.15) is 0 Å². The molecule has 1 aromatic heterocycles. The molecule has 4 heteroatoms. The number of hydrogen-bond acceptors (Lipinski definition) is 4. The Morgan fingerprint density at radius 3 is 2.79 bits per heavy atom. The summed E-state index contributed by atoms with van der Waals surface area (Å²) in [5, 5.41) is 4.05. The molecule has 2 atom stereocenters. The van der Waals surface area contributed by atoms with Crippen molar-refractivity contribution in [3.05, 3.63) is 52.9 Å². The van der Waals surface area contributed by atoms with E-state index in [-0.39, 0.29) is 6.04 Å². The Bertz CT molecular complexity index is 578. The molecule has 0 fully saturated rings. The molecule has 0 radical (unpaired) electrons. The molecule has 1 aliphatic carbocycles. The normalized spacial score (nSPS) is 21.9. The van der Waals surface area contributed by atoms with Crippen molar-refractivity contribution < 1.29 is 4.52 Å². The van der Waals surface area contributed by atoms with Crippen LogP contribution < -0.4 is 5.73 Å². The van der Waals surface area contributed by atoms with Gasteiger partial charge in [-0.15, -0.1) is 0 Å². The van der Waals surface area contributed by atoms with Gasteiger partial charge in [-0.3, -0.25) is 4.90 Å². The van der Waals surface area contributed by atoms with E-state index in [1.165, 1.54) is 11.1 Å². The Kier molecular flexibility index (Phi) is 3.12. The first-order valence-corrected chi connectivity index (χ1v) is 6.62. The topological polar surface area (TPSA) is 55.3 Å². The van der Waals surface area contributed by atoms with Crippen LogP contribution in [-0.2, 0) is 6.54 Å². The van der Waals surface area contributed by atoms with Crippen LogP contribution in [0, 0.1) is 6.92 Å². The van der Waals surface area contributed by atoms with Crippen molar-refractivity contribution in [3.63, 3.8) is 0 Å². The van der Waals surface area contributed by atoms with E-state index in [0.29, 0.717) is 6.04 Å². The monoisotopic (exact) mass is 257 g/mol. The molecule has 2 N–H and O–H groups in total. The lowest BCUT2D eigenvalue weighted by atomic mass is 10.1. The maximum atomic E-state index is 6.21. The highest BCUT2D eigenvalue weighted by atomic mass is 16.5. The molecule has 100 valence electrons. The summed E-state index contributed by atoms with van der Waals surface area (Å²) < 4.78 is 5.12. The van der Waals surface area contributed by atoms with E-state index in [4.69, 9.17) is 10.3 Å². The molecule has 4 nitrogen and oxygen atoms in total. The van der Waals surface area contributed by atoms with E-state index in [9.17, 15) is 0 Å². The quantitative estimate of drug-likeness (QED) is 0.918. The maximum Gasteiger partial charge on any atom is 0.133 e. The number of aromatic nitrogens is 1. The predicted molar refractivity (Wildman–Crippen MR) is 73.4 cm³/mol. The standard InChI is InChI=1S/C15H19N3O/c1-10-7-11(17-19-10)9-18(2)15-8-14(16)12-5-3-4-6-13(12)15/h3-7,14-15H,8-9,16H2,1-2H3. The fourth-order valence-electron chi connectivity index (χ4n) is 2.92. The number of nitrogens with zero attached hydrogens (tertiary/aromatic N) is 2. The van der Waals surface area contributed by atoms with Gasteiger partial charge < -0.3 is 10.3 Å². The molecule has 1 aliphatic rings. The number of aryl methyl sites for hydroxylation is 1. The molecule has 2 aromatic rings. The van der Waals surface area contributed by atoms with Gasteiger partial charge in [-0.25, -0.2) is 0 Å². The minimum Gasteiger partial charge on any atom is -0.361 e. The smallest absolute Gasteiger partial charge is 0.133 e. The Labute approximate surface area is 113 Å². The average molecular weight is 257 g/mol. The van der Waals surface area contributed by atoms with Gasteiger partial charge in [0.25, 0.3) is 0 Å². The van der Waals surface area contributed by atoms with Gasteiger partial charge in [0.15, 0.2) is 0 Å². The number of hydrogen-bond donors (Lipinski definition) is 1. The molecule has 0 aliphatic heterocycles. The van der Waals surface area contributed by atoms with Crippen molar-refractivity contribution in [1.29, 1.82) is 0 Å². The summed E-state index contributed by atoms with van der Waals surface area (Å²) in [7, 11) is 2.11. The minimum absolute atomic E-state index is 0.141. The van der Waals surface area contributed by atoms with Gasteiger partial charge in [0.1, 0.15) is 5.76 Å². The van der Waals surface area contributed by atoms with Crippen molar-refractivity contribution >= 4 is 0 Å². The zero-order valence-electron chi connectivity index (χ0n) is 11.3.